The topological polar surface area (TPSA) is 88.1 Å². The van der Waals surface area contributed by atoms with E-state index in [0.29, 0.717) is 16.9 Å². The van der Waals surface area contributed by atoms with Crippen molar-refractivity contribution >= 4 is 22.1 Å². The monoisotopic (exact) mass is 493 g/mol. The van der Waals surface area contributed by atoms with Gasteiger partial charge in [-0.3, -0.25) is 4.79 Å². The molecule has 0 spiro atoms. The van der Waals surface area contributed by atoms with Gasteiger partial charge in [-0.2, -0.15) is 9.41 Å². The number of ether oxygens (including phenoxy) is 1. The van der Waals surface area contributed by atoms with Gasteiger partial charge in [-0.1, -0.05) is 47.5 Å². The molecule has 0 bridgehead atoms. The van der Waals surface area contributed by atoms with Crippen molar-refractivity contribution in [3.05, 3.63) is 94.0 Å². The van der Waals surface area contributed by atoms with Crippen LogP contribution in [0, 0.1) is 27.7 Å². The lowest BCUT2D eigenvalue weighted by atomic mass is 10.1. The molecule has 0 saturated heterocycles. The van der Waals surface area contributed by atoms with Gasteiger partial charge < -0.3 is 4.74 Å². The molecule has 0 radical (unpaired) electrons. The lowest BCUT2D eigenvalue weighted by Gasteiger charge is -2.24. The molecule has 8 heteroatoms. The molecule has 3 rings (SSSR count). The predicted octanol–water partition coefficient (Wildman–Crippen LogP) is 4.27. The molecule has 0 aliphatic rings. The van der Waals surface area contributed by atoms with E-state index in [0.717, 1.165) is 22.3 Å². The van der Waals surface area contributed by atoms with Gasteiger partial charge in [-0.25, -0.2) is 13.8 Å². The summed E-state index contributed by atoms with van der Waals surface area (Å²) in [5, 5.41) is 3.98. The van der Waals surface area contributed by atoms with Crippen molar-refractivity contribution in [2.24, 2.45) is 5.10 Å². The molecule has 1 amide bonds. The van der Waals surface area contributed by atoms with Crippen LogP contribution in [-0.4, -0.2) is 38.5 Å². The van der Waals surface area contributed by atoms with Crippen LogP contribution in [0.1, 0.15) is 33.4 Å². The Bertz CT molecular complexity index is 1290. The molecule has 184 valence electrons. The van der Waals surface area contributed by atoms with Crippen molar-refractivity contribution in [1.82, 2.24) is 9.73 Å². The Morgan fingerprint density at radius 1 is 0.943 bits per heavy atom. The normalized spacial score (nSPS) is 11.7. The second kappa shape index (κ2) is 11.3. The first kappa shape index (κ1) is 26.1. The third-order valence-corrected chi connectivity index (χ3v) is 7.62. The van der Waals surface area contributed by atoms with E-state index in [-0.39, 0.29) is 18.0 Å². The highest BCUT2D eigenvalue weighted by Crippen LogP contribution is 2.26. The fourth-order valence-corrected chi connectivity index (χ4v) is 5.69. The summed E-state index contributed by atoms with van der Waals surface area (Å²) in [5.74, 6) is 0.178. The Labute approximate surface area is 207 Å². The third-order valence-electron chi connectivity index (χ3n) is 5.52. The molecular weight excluding hydrogens is 462 g/mol. The molecule has 3 aromatic carbocycles. The van der Waals surface area contributed by atoms with Crippen molar-refractivity contribution in [3.8, 4) is 5.75 Å². The molecule has 0 aromatic heterocycles. The van der Waals surface area contributed by atoms with Gasteiger partial charge >= 0.3 is 0 Å². The number of methoxy groups -OCH3 is 1. The lowest BCUT2D eigenvalue weighted by Crippen LogP contribution is -2.39. The number of hydrazone groups is 1. The predicted molar refractivity (Wildman–Crippen MR) is 138 cm³/mol. The van der Waals surface area contributed by atoms with E-state index in [4.69, 9.17) is 4.74 Å². The number of hydrogen-bond donors (Lipinski definition) is 1. The molecular formula is C27H31N3O4S. The van der Waals surface area contributed by atoms with Crippen LogP contribution in [0.4, 0.5) is 0 Å². The second-order valence-electron chi connectivity index (χ2n) is 8.55. The van der Waals surface area contributed by atoms with Crippen molar-refractivity contribution in [1.29, 1.82) is 0 Å². The van der Waals surface area contributed by atoms with Crippen LogP contribution in [-0.2, 0) is 21.4 Å². The molecule has 3 aromatic rings. The summed E-state index contributed by atoms with van der Waals surface area (Å²) in [4.78, 5) is 13.0. The van der Waals surface area contributed by atoms with E-state index in [1.807, 2.05) is 50.2 Å². The Hall–Kier alpha value is -3.49. The molecule has 0 atom stereocenters. The molecule has 0 unspecified atom stereocenters. The van der Waals surface area contributed by atoms with Gasteiger partial charge in [0.15, 0.2) is 0 Å². The number of benzene rings is 3. The van der Waals surface area contributed by atoms with E-state index < -0.39 is 15.9 Å². The Balaban J connectivity index is 1.84. The summed E-state index contributed by atoms with van der Waals surface area (Å²) in [7, 11) is -2.38. The van der Waals surface area contributed by atoms with Crippen LogP contribution >= 0.6 is 0 Å². The van der Waals surface area contributed by atoms with E-state index in [2.05, 4.69) is 10.5 Å². The molecule has 0 saturated carbocycles. The molecule has 0 aliphatic heterocycles. The third kappa shape index (κ3) is 6.77. The molecule has 1 N–H and O–H groups in total. The largest absolute Gasteiger partial charge is 0.497 e. The summed E-state index contributed by atoms with van der Waals surface area (Å²) >= 11 is 0. The molecule has 7 nitrogen and oxygen atoms in total. The van der Waals surface area contributed by atoms with Crippen LogP contribution in [0.3, 0.4) is 0 Å². The number of nitrogens with one attached hydrogen (secondary N) is 1. The van der Waals surface area contributed by atoms with Crippen LogP contribution in [0.2, 0.25) is 0 Å². The number of amides is 1. The maximum Gasteiger partial charge on any atom is 0.255 e. The number of aryl methyl sites for hydroxylation is 4. The van der Waals surface area contributed by atoms with Gasteiger partial charge in [0.05, 0.1) is 24.8 Å². The first-order chi connectivity index (χ1) is 16.6. The maximum atomic E-state index is 13.7. The van der Waals surface area contributed by atoms with Gasteiger partial charge in [-0.15, -0.1) is 0 Å². The van der Waals surface area contributed by atoms with Crippen molar-refractivity contribution in [2.75, 3.05) is 13.7 Å². The minimum Gasteiger partial charge on any atom is -0.497 e. The van der Waals surface area contributed by atoms with Gasteiger partial charge in [0.25, 0.3) is 5.91 Å². The highest BCUT2D eigenvalue weighted by atomic mass is 32.2. The number of nitrogens with zero attached hydrogens (tertiary/aromatic N) is 2. The van der Waals surface area contributed by atoms with Crippen molar-refractivity contribution < 1.29 is 17.9 Å². The zero-order valence-corrected chi connectivity index (χ0v) is 21.5. The van der Waals surface area contributed by atoms with E-state index in [9.17, 15) is 13.2 Å². The zero-order chi connectivity index (χ0) is 25.6. The average molecular weight is 494 g/mol. The zero-order valence-electron chi connectivity index (χ0n) is 20.7. The molecule has 0 fully saturated rings. The highest BCUT2D eigenvalue weighted by molar-refractivity contribution is 7.89. The highest BCUT2D eigenvalue weighted by Gasteiger charge is 2.30. The standard InChI is InChI=1S/C27H31N3O4S/c1-19-6-8-24(9-7-19)17-30(35(32,33)27-21(3)14-20(2)15-22(27)4)18-26(31)29-28-16-23-10-12-25(34-5)13-11-23/h6-16H,17-18H2,1-5H3,(H,29,31)/b28-16+. The minimum absolute atomic E-state index is 0.0605. The van der Waals surface area contributed by atoms with Crippen molar-refractivity contribution in [2.45, 2.75) is 39.1 Å². The van der Waals surface area contributed by atoms with Crippen molar-refractivity contribution in [3.63, 3.8) is 0 Å². The van der Waals surface area contributed by atoms with Crippen LogP contribution in [0.15, 0.2) is 70.7 Å². The first-order valence-corrected chi connectivity index (χ1v) is 12.6. The maximum absolute atomic E-state index is 13.7. The van der Waals surface area contributed by atoms with E-state index in [1.54, 1.807) is 45.2 Å². The lowest BCUT2D eigenvalue weighted by molar-refractivity contribution is -0.121. The van der Waals surface area contributed by atoms with Crippen LogP contribution in [0.25, 0.3) is 0 Å². The second-order valence-corrected chi connectivity index (χ2v) is 10.4. The van der Waals surface area contributed by atoms with Crippen LogP contribution < -0.4 is 10.2 Å². The van der Waals surface area contributed by atoms with Gasteiger partial charge in [0, 0.05) is 6.54 Å². The molecule has 0 aliphatic carbocycles. The number of hydrogen-bond acceptors (Lipinski definition) is 5. The number of carbonyl (C=O) groups excluding carboxylic acids is 1. The number of carbonyl (C=O) groups is 1. The molecule has 35 heavy (non-hydrogen) atoms. The summed E-state index contributed by atoms with van der Waals surface area (Å²) < 4.78 is 33.8. The smallest absolute Gasteiger partial charge is 0.255 e. The molecule has 0 heterocycles. The summed E-state index contributed by atoms with van der Waals surface area (Å²) in [6.07, 6.45) is 1.49. The fraction of sp³-hybridized carbons (Fsp3) is 0.259. The van der Waals surface area contributed by atoms with E-state index in [1.165, 1.54) is 10.5 Å². The van der Waals surface area contributed by atoms with Gasteiger partial charge in [0.1, 0.15) is 5.75 Å². The summed E-state index contributed by atoms with van der Waals surface area (Å²) in [6, 6.07) is 18.4. The Morgan fingerprint density at radius 2 is 1.54 bits per heavy atom. The van der Waals surface area contributed by atoms with Gasteiger partial charge in [0.2, 0.25) is 10.0 Å². The van der Waals surface area contributed by atoms with E-state index >= 15 is 0 Å². The van der Waals surface area contributed by atoms with Crippen LogP contribution in [0.5, 0.6) is 5.75 Å². The minimum atomic E-state index is -3.96. The van der Waals surface area contributed by atoms with Gasteiger partial charge in [-0.05, 0) is 74.2 Å². The fourth-order valence-electron chi connectivity index (χ4n) is 3.89. The first-order valence-electron chi connectivity index (χ1n) is 11.2. The summed E-state index contributed by atoms with van der Waals surface area (Å²) in [6.45, 7) is 7.13. The summed E-state index contributed by atoms with van der Waals surface area (Å²) in [5.41, 5.74) is 7.34. The average Bonchev–Trinajstić information content (AvgIpc) is 2.79. The quantitative estimate of drug-likeness (QED) is 0.356. The Kier molecular flexibility index (Phi) is 8.43. The number of rotatable bonds is 9. The number of sulfonamides is 1. The SMILES string of the molecule is COc1ccc(/C=N/NC(=O)CN(Cc2ccc(C)cc2)S(=O)(=O)c2c(C)cc(C)cc2C)cc1. The Morgan fingerprint density at radius 3 is 2.11 bits per heavy atom.